The number of carbonyl (C=O) groups excluding carboxylic acids is 1. The molecule has 0 saturated carbocycles. The van der Waals surface area contributed by atoms with Gasteiger partial charge in [-0.05, 0) is 30.0 Å². The lowest BCUT2D eigenvalue weighted by Crippen LogP contribution is -2.15. The van der Waals surface area contributed by atoms with Crippen LogP contribution in [0.3, 0.4) is 0 Å². The van der Waals surface area contributed by atoms with Crippen molar-refractivity contribution < 1.29 is 9.53 Å². The molecule has 0 fully saturated rings. The molecule has 0 bridgehead atoms. The number of anilines is 1. The average Bonchev–Trinajstić information content (AvgIpc) is 3.19. The first kappa shape index (κ1) is 21.6. The molecule has 32 heavy (non-hydrogen) atoms. The van der Waals surface area contributed by atoms with Crippen LogP contribution in [0.4, 0.5) is 5.69 Å². The molecule has 0 aliphatic carbocycles. The zero-order chi connectivity index (χ0) is 22.3. The van der Waals surface area contributed by atoms with E-state index in [4.69, 9.17) is 4.74 Å². The highest BCUT2D eigenvalue weighted by molar-refractivity contribution is 7.99. The van der Waals surface area contributed by atoms with Crippen molar-refractivity contribution in [3.8, 4) is 5.75 Å². The third-order valence-corrected chi connectivity index (χ3v) is 5.93. The van der Waals surface area contributed by atoms with E-state index in [1.165, 1.54) is 11.8 Å². The highest BCUT2D eigenvalue weighted by Crippen LogP contribution is 2.26. The molecular weight excluding hydrogens is 420 g/mol. The number of aromatic nitrogens is 3. The summed E-state index contributed by atoms with van der Waals surface area (Å²) in [6.45, 7) is 6.60. The number of fused-ring (bicyclic) bond motifs is 1. The van der Waals surface area contributed by atoms with E-state index in [1.54, 1.807) is 6.08 Å². The Hall–Kier alpha value is -3.58. The molecule has 0 aliphatic heterocycles. The average molecular weight is 445 g/mol. The summed E-state index contributed by atoms with van der Waals surface area (Å²) >= 11 is 1.34. The minimum atomic E-state index is -0.0917. The number of thioether (sulfide) groups is 1. The van der Waals surface area contributed by atoms with Gasteiger partial charge in [-0.2, -0.15) is 0 Å². The van der Waals surface area contributed by atoms with Crippen LogP contribution in [0.25, 0.3) is 10.8 Å². The van der Waals surface area contributed by atoms with Crippen molar-refractivity contribution in [3.05, 3.63) is 90.8 Å². The van der Waals surface area contributed by atoms with Gasteiger partial charge in [0.2, 0.25) is 5.91 Å². The number of aryl methyl sites for hydroxylation is 1. The van der Waals surface area contributed by atoms with Crippen molar-refractivity contribution in [2.24, 2.45) is 0 Å². The Labute approximate surface area is 191 Å². The van der Waals surface area contributed by atoms with Crippen molar-refractivity contribution in [2.45, 2.75) is 25.2 Å². The summed E-state index contributed by atoms with van der Waals surface area (Å²) in [5, 5.41) is 14.3. The van der Waals surface area contributed by atoms with Gasteiger partial charge in [-0.25, -0.2) is 0 Å². The van der Waals surface area contributed by atoms with Crippen LogP contribution in [0.5, 0.6) is 5.75 Å². The van der Waals surface area contributed by atoms with E-state index in [0.29, 0.717) is 17.5 Å². The summed E-state index contributed by atoms with van der Waals surface area (Å²) in [6, 6.07) is 21.8. The maximum atomic E-state index is 12.4. The first-order valence-corrected chi connectivity index (χ1v) is 11.3. The second-order valence-corrected chi connectivity index (χ2v) is 8.16. The number of ether oxygens (including phenoxy) is 1. The van der Waals surface area contributed by atoms with Crippen molar-refractivity contribution in [2.75, 3.05) is 11.1 Å². The Balaban J connectivity index is 1.43. The lowest BCUT2D eigenvalue weighted by atomic mass is 10.1. The van der Waals surface area contributed by atoms with Crippen molar-refractivity contribution in [1.82, 2.24) is 14.8 Å². The van der Waals surface area contributed by atoms with Crippen LogP contribution in [0.2, 0.25) is 0 Å². The molecule has 3 aromatic carbocycles. The van der Waals surface area contributed by atoms with Gasteiger partial charge in [0, 0.05) is 17.6 Å². The van der Waals surface area contributed by atoms with Crippen LogP contribution >= 0.6 is 11.8 Å². The summed E-state index contributed by atoms with van der Waals surface area (Å²) in [5.41, 5.74) is 1.84. The molecule has 0 unspecified atom stereocenters. The molecule has 0 spiro atoms. The van der Waals surface area contributed by atoms with Gasteiger partial charge in [0.25, 0.3) is 0 Å². The Bertz CT molecular complexity index is 1250. The minimum absolute atomic E-state index is 0.0917. The lowest BCUT2D eigenvalue weighted by molar-refractivity contribution is -0.113. The summed E-state index contributed by atoms with van der Waals surface area (Å²) in [4.78, 5) is 12.4. The number of para-hydroxylation sites is 1. The van der Waals surface area contributed by atoms with Gasteiger partial charge in [0.1, 0.15) is 12.4 Å². The molecule has 0 aliphatic rings. The third kappa shape index (κ3) is 5.00. The quantitative estimate of drug-likeness (QED) is 0.283. The van der Waals surface area contributed by atoms with Crippen LogP contribution in [0.1, 0.15) is 11.4 Å². The Morgan fingerprint density at radius 3 is 2.72 bits per heavy atom. The molecule has 4 rings (SSSR count). The fourth-order valence-corrected chi connectivity index (χ4v) is 4.11. The van der Waals surface area contributed by atoms with Crippen molar-refractivity contribution >= 4 is 34.1 Å². The summed E-state index contributed by atoms with van der Waals surface area (Å²) < 4.78 is 8.00. The van der Waals surface area contributed by atoms with E-state index >= 15 is 0 Å². The second kappa shape index (κ2) is 10.2. The molecule has 1 heterocycles. The van der Waals surface area contributed by atoms with Crippen LogP contribution in [0.15, 0.2) is 84.5 Å². The number of hydrogen-bond acceptors (Lipinski definition) is 5. The Morgan fingerprint density at radius 1 is 1.09 bits per heavy atom. The lowest BCUT2D eigenvalue weighted by Gasteiger charge is -2.11. The molecule has 7 heteroatoms. The van der Waals surface area contributed by atoms with Crippen LogP contribution < -0.4 is 10.1 Å². The van der Waals surface area contributed by atoms with E-state index in [9.17, 15) is 4.79 Å². The number of carbonyl (C=O) groups is 1. The minimum Gasteiger partial charge on any atom is -0.485 e. The topological polar surface area (TPSA) is 69.0 Å². The third-order valence-electron chi connectivity index (χ3n) is 4.96. The normalized spacial score (nSPS) is 10.8. The smallest absolute Gasteiger partial charge is 0.234 e. The van der Waals surface area contributed by atoms with E-state index in [1.807, 2.05) is 66.1 Å². The van der Waals surface area contributed by atoms with Gasteiger partial charge < -0.3 is 10.1 Å². The molecule has 1 amide bonds. The monoisotopic (exact) mass is 444 g/mol. The number of nitrogens with one attached hydrogen (secondary N) is 1. The largest absolute Gasteiger partial charge is 0.485 e. The SMILES string of the molecule is C=CCn1c(COc2cccc3ccccc23)nnc1SCC(=O)Nc1ccccc1C. The first-order chi connectivity index (χ1) is 15.7. The molecule has 4 aromatic rings. The van der Waals surface area contributed by atoms with E-state index in [-0.39, 0.29) is 18.3 Å². The highest BCUT2D eigenvalue weighted by atomic mass is 32.2. The first-order valence-electron chi connectivity index (χ1n) is 10.3. The van der Waals surface area contributed by atoms with Crippen LogP contribution in [-0.4, -0.2) is 26.4 Å². The zero-order valence-corrected chi connectivity index (χ0v) is 18.6. The molecular formula is C25H24N4O2S. The highest BCUT2D eigenvalue weighted by Gasteiger charge is 2.15. The standard InChI is InChI=1S/C25H24N4O2S/c1-3-15-29-23(16-31-22-14-8-11-19-10-5-6-12-20(19)22)27-28-25(29)32-17-24(30)26-21-13-7-4-9-18(21)2/h3-14H,1,15-17H2,2H3,(H,26,30). The van der Waals surface area contributed by atoms with Crippen LogP contribution in [0, 0.1) is 6.92 Å². The molecule has 6 nitrogen and oxygen atoms in total. The summed E-state index contributed by atoms with van der Waals surface area (Å²) in [5.74, 6) is 1.61. The number of allylic oxidation sites excluding steroid dienone is 1. The predicted molar refractivity (Wildman–Crippen MR) is 129 cm³/mol. The van der Waals surface area contributed by atoms with E-state index in [2.05, 4.69) is 34.2 Å². The number of hydrogen-bond donors (Lipinski definition) is 1. The second-order valence-electron chi connectivity index (χ2n) is 7.22. The Kier molecular flexibility index (Phi) is 6.87. The number of nitrogens with zero attached hydrogens (tertiary/aromatic N) is 3. The van der Waals surface area contributed by atoms with Gasteiger partial charge in [0.15, 0.2) is 11.0 Å². The number of benzene rings is 3. The maximum absolute atomic E-state index is 12.4. The summed E-state index contributed by atoms with van der Waals surface area (Å²) in [7, 11) is 0. The number of amides is 1. The predicted octanol–water partition coefficient (Wildman–Crippen LogP) is 5.24. The fourth-order valence-electron chi connectivity index (χ4n) is 3.34. The van der Waals surface area contributed by atoms with E-state index < -0.39 is 0 Å². The maximum Gasteiger partial charge on any atom is 0.234 e. The molecule has 162 valence electrons. The fraction of sp³-hybridized carbons (Fsp3) is 0.160. The molecule has 0 saturated heterocycles. The Morgan fingerprint density at radius 2 is 1.88 bits per heavy atom. The van der Waals surface area contributed by atoms with Gasteiger partial charge >= 0.3 is 0 Å². The van der Waals surface area contributed by atoms with Crippen molar-refractivity contribution in [3.63, 3.8) is 0 Å². The molecule has 0 radical (unpaired) electrons. The van der Waals surface area contributed by atoms with Gasteiger partial charge in [0.05, 0.1) is 5.75 Å². The van der Waals surface area contributed by atoms with Crippen LogP contribution in [-0.2, 0) is 17.9 Å². The van der Waals surface area contributed by atoms with Gasteiger partial charge in [-0.15, -0.1) is 16.8 Å². The summed E-state index contributed by atoms with van der Waals surface area (Å²) in [6.07, 6.45) is 1.78. The zero-order valence-electron chi connectivity index (χ0n) is 17.8. The van der Waals surface area contributed by atoms with E-state index in [0.717, 1.165) is 27.8 Å². The molecule has 1 N–H and O–H groups in total. The molecule has 0 atom stereocenters. The van der Waals surface area contributed by atoms with Crippen molar-refractivity contribution in [1.29, 1.82) is 0 Å². The number of rotatable bonds is 9. The van der Waals surface area contributed by atoms with Gasteiger partial charge in [-0.1, -0.05) is 72.4 Å². The molecule has 1 aromatic heterocycles. The van der Waals surface area contributed by atoms with Gasteiger partial charge in [-0.3, -0.25) is 9.36 Å².